The van der Waals surface area contributed by atoms with Crippen LogP contribution in [0.4, 0.5) is 0 Å². The lowest BCUT2D eigenvalue weighted by molar-refractivity contribution is 0.0708. The van der Waals surface area contributed by atoms with Gasteiger partial charge in [0.1, 0.15) is 5.82 Å². The summed E-state index contributed by atoms with van der Waals surface area (Å²) in [5.41, 5.74) is 5.03. The molecular weight excluding hydrogens is 302 g/mol. The number of nitrogens with zero attached hydrogens (tertiary/aromatic N) is 1. The zero-order chi connectivity index (χ0) is 16.5. The van der Waals surface area contributed by atoms with E-state index in [1.807, 2.05) is 54.6 Å². The Balaban J connectivity index is 1.79. The maximum absolute atomic E-state index is 12.0. The topological polar surface area (TPSA) is 78.0 Å². The molecule has 0 aliphatic rings. The third-order valence-electron chi connectivity index (χ3n) is 4.08. The van der Waals surface area contributed by atoms with Gasteiger partial charge >= 0.3 is 0 Å². The molecular formula is C19H15N3O2. The van der Waals surface area contributed by atoms with E-state index in [1.165, 1.54) is 0 Å². The number of aromatic amines is 1. The van der Waals surface area contributed by atoms with E-state index in [2.05, 4.69) is 9.97 Å². The number of rotatable bonds is 3. The second-order valence-electron chi connectivity index (χ2n) is 5.68. The van der Waals surface area contributed by atoms with Crippen LogP contribution in [0.3, 0.4) is 0 Å². The van der Waals surface area contributed by atoms with Gasteiger partial charge in [0.05, 0.1) is 11.0 Å². The number of hydrogen-bond donors (Lipinski definition) is 3. The maximum Gasteiger partial charge on any atom is 0.275 e. The second kappa shape index (κ2) is 5.79. The van der Waals surface area contributed by atoms with E-state index in [0.29, 0.717) is 12.0 Å². The van der Waals surface area contributed by atoms with Crippen molar-refractivity contribution in [3.63, 3.8) is 0 Å². The average molecular weight is 317 g/mol. The summed E-state index contributed by atoms with van der Waals surface area (Å²) in [6, 6.07) is 19.3. The van der Waals surface area contributed by atoms with Gasteiger partial charge in [0.2, 0.25) is 0 Å². The lowest BCUT2D eigenvalue weighted by Gasteiger charge is -2.08. The van der Waals surface area contributed by atoms with Gasteiger partial charge in [-0.1, -0.05) is 42.5 Å². The molecule has 3 aromatic carbocycles. The summed E-state index contributed by atoms with van der Waals surface area (Å²) in [6.07, 6.45) is 0.575. The fourth-order valence-electron chi connectivity index (χ4n) is 3.01. The zero-order valence-electron chi connectivity index (χ0n) is 12.8. The molecule has 1 amide bonds. The predicted molar refractivity (Wildman–Crippen MR) is 92.1 cm³/mol. The van der Waals surface area contributed by atoms with Crippen LogP contribution in [0.15, 0.2) is 60.7 Å². The van der Waals surface area contributed by atoms with Crippen molar-refractivity contribution in [1.29, 1.82) is 0 Å². The first-order chi connectivity index (χ1) is 11.7. The average Bonchev–Trinajstić information content (AvgIpc) is 3.02. The van der Waals surface area contributed by atoms with E-state index < -0.39 is 5.91 Å². The first kappa shape index (κ1) is 14.4. The lowest BCUT2D eigenvalue weighted by Crippen LogP contribution is -2.19. The number of carbonyl (C=O) groups is 1. The number of amides is 1. The molecule has 0 unspecified atom stereocenters. The summed E-state index contributed by atoms with van der Waals surface area (Å²) in [6.45, 7) is 0. The van der Waals surface area contributed by atoms with Gasteiger partial charge in [-0.15, -0.1) is 0 Å². The molecule has 1 aromatic heterocycles. The van der Waals surface area contributed by atoms with Gasteiger partial charge in [0.25, 0.3) is 5.91 Å². The molecule has 24 heavy (non-hydrogen) atoms. The van der Waals surface area contributed by atoms with Crippen molar-refractivity contribution in [3.05, 3.63) is 77.6 Å². The Morgan fingerprint density at radius 3 is 2.71 bits per heavy atom. The first-order valence-corrected chi connectivity index (χ1v) is 7.64. The number of benzene rings is 3. The van der Waals surface area contributed by atoms with Gasteiger partial charge in [0, 0.05) is 12.0 Å². The summed E-state index contributed by atoms with van der Waals surface area (Å²) >= 11 is 0. The molecule has 0 aliphatic heterocycles. The normalized spacial score (nSPS) is 11.0. The molecule has 3 N–H and O–H groups in total. The molecule has 0 radical (unpaired) electrons. The van der Waals surface area contributed by atoms with Crippen molar-refractivity contribution in [3.8, 4) is 0 Å². The number of hydroxylamine groups is 1. The fraction of sp³-hybridized carbons (Fsp3) is 0.0526. The molecule has 5 nitrogen and oxygen atoms in total. The van der Waals surface area contributed by atoms with Crippen LogP contribution in [-0.2, 0) is 6.42 Å². The highest BCUT2D eigenvalue weighted by Crippen LogP contribution is 2.23. The summed E-state index contributed by atoms with van der Waals surface area (Å²) in [7, 11) is 0. The Morgan fingerprint density at radius 2 is 1.88 bits per heavy atom. The molecule has 0 fully saturated rings. The van der Waals surface area contributed by atoms with Crippen LogP contribution in [0.1, 0.15) is 21.7 Å². The Morgan fingerprint density at radius 1 is 1.08 bits per heavy atom. The molecule has 4 aromatic rings. The van der Waals surface area contributed by atoms with Crippen LogP contribution in [0, 0.1) is 0 Å². The Bertz CT molecular complexity index is 1020. The molecule has 0 bridgehead atoms. The molecule has 0 spiro atoms. The monoisotopic (exact) mass is 317 g/mol. The highest BCUT2D eigenvalue weighted by molar-refractivity contribution is 6.07. The third-order valence-corrected chi connectivity index (χ3v) is 4.08. The number of H-pyrrole nitrogens is 1. The molecule has 4 rings (SSSR count). The van der Waals surface area contributed by atoms with E-state index in [0.717, 1.165) is 33.2 Å². The summed E-state index contributed by atoms with van der Waals surface area (Å²) < 4.78 is 0. The van der Waals surface area contributed by atoms with E-state index in [4.69, 9.17) is 5.21 Å². The van der Waals surface area contributed by atoms with Crippen LogP contribution in [0.25, 0.3) is 21.8 Å². The minimum Gasteiger partial charge on any atom is -0.342 e. The second-order valence-corrected chi connectivity index (χ2v) is 5.68. The van der Waals surface area contributed by atoms with Crippen LogP contribution < -0.4 is 5.48 Å². The minimum absolute atomic E-state index is 0.446. The molecule has 5 heteroatoms. The third kappa shape index (κ3) is 2.51. The quantitative estimate of drug-likeness (QED) is 0.400. The fourth-order valence-corrected chi connectivity index (χ4v) is 3.01. The maximum atomic E-state index is 12.0. The van der Waals surface area contributed by atoms with Gasteiger partial charge in [0.15, 0.2) is 0 Å². The number of fused-ring (bicyclic) bond motifs is 2. The molecule has 0 aliphatic carbocycles. The van der Waals surface area contributed by atoms with E-state index in [9.17, 15) is 4.79 Å². The molecule has 118 valence electrons. The van der Waals surface area contributed by atoms with E-state index in [1.54, 1.807) is 11.5 Å². The Labute approximate surface area is 137 Å². The molecule has 1 heterocycles. The van der Waals surface area contributed by atoms with E-state index in [-0.39, 0.29) is 0 Å². The van der Waals surface area contributed by atoms with Crippen LogP contribution in [-0.4, -0.2) is 21.1 Å². The number of carbonyl (C=O) groups excluding carboxylic acids is 1. The molecule has 0 saturated carbocycles. The van der Waals surface area contributed by atoms with Crippen LogP contribution in [0.5, 0.6) is 0 Å². The Kier molecular flexibility index (Phi) is 3.48. The number of imidazole rings is 1. The lowest BCUT2D eigenvalue weighted by atomic mass is 9.99. The minimum atomic E-state index is -0.516. The SMILES string of the molecule is O=C(NO)c1cc(Cc2nc3ccccc3[nH]2)cc2ccccc12. The smallest absolute Gasteiger partial charge is 0.275 e. The zero-order valence-corrected chi connectivity index (χ0v) is 12.8. The number of hydrogen-bond acceptors (Lipinski definition) is 3. The van der Waals surface area contributed by atoms with E-state index >= 15 is 0 Å². The molecule has 0 atom stereocenters. The van der Waals surface area contributed by atoms with Crippen LogP contribution >= 0.6 is 0 Å². The summed E-state index contributed by atoms with van der Waals surface area (Å²) in [5.74, 6) is 0.319. The van der Waals surface area contributed by atoms with Crippen molar-refractivity contribution in [2.24, 2.45) is 0 Å². The molecule has 0 saturated heterocycles. The number of nitrogens with one attached hydrogen (secondary N) is 2. The Hall–Kier alpha value is -3.18. The van der Waals surface area contributed by atoms with Crippen molar-refractivity contribution in [2.45, 2.75) is 6.42 Å². The van der Waals surface area contributed by atoms with Gasteiger partial charge in [-0.3, -0.25) is 10.0 Å². The highest BCUT2D eigenvalue weighted by atomic mass is 16.5. The van der Waals surface area contributed by atoms with Crippen molar-refractivity contribution in [2.75, 3.05) is 0 Å². The largest absolute Gasteiger partial charge is 0.342 e. The van der Waals surface area contributed by atoms with Gasteiger partial charge in [-0.2, -0.15) is 0 Å². The van der Waals surface area contributed by atoms with Crippen molar-refractivity contribution in [1.82, 2.24) is 15.4 Å². The number of aromatic nitrogens is 2. The highest BCUT2D eigenvalue weighted by Gasteiger charge is 2.12. The summed E-state index contributed by atoms with van der Waals surface area (Å²) in [5, 5.41) is 10.8. The van der Waals surface area contributed by atoms with Crippen LogP contribution in [0.2, 0.25) is 0 Å². The summed E-state index contributed by atoms with van der Waals surface area (Å²) in [4.78, 5) is 19.9. The van der Waals surface area contributed by atoms with Crippen molar-refractivity contribution < 1.29 is 10.0 Å². The predicted octanol–water partition coefficient (Wildman–Crippen LogP) is 3.43. The van der Waals surface area contributed by atoms with Crippen molar-refractivity contribution >= 4 is 27.7 Å². The van der Waals surface area contributed by atoms with Gasteiger partial charge in [-0.25, -0.2) is 10.5 Å². The van der Waals surface area contributed by atoms with Gasteiger partial charge < -0.3 is 4.98 Å². The first-order valence-electron chi connectivity index (χ1n) is 7.64. The standard InChI is InChI=1S/C19H15N3O2/c23-19(22-24)15-10-12(9-13-5-1-2-6-14(13)15)11-18-20-16-7-3-4-8-17(16)21-18/h1-10,24H,11H2,(H,20,21)(H,22,23). The number of para-hydroxylation sites is 2. The van der Waals surface area contributed by atoms with Gasteiger partial charge in [-0.05, 0) is 34.5 Å².